The smallest absolute Gasteiger partial charge is 0.0537 e. The molecule has 50 heavy (non-hydrogen) atoms. The van der Waals surface area contributed by atoms with E-state index in [9.17, 15) is 0 Å². The Balaban J connectivity index is 1.35. The summed E-state index contributed by atoms with van der Waals surface area (Å²) in [5.41, 5.74) is 16.4. The molecule has 7 aromatic rings. The van der Waals surface area contributed by atoms with E-state index in [4.69, 9.17) is 0 Å². The van der Waals surface area contributed by atoms with E-state index in [1.54, 1.807) is 0 Å². The van der Waals surface area contributed by atoms with Crippen LogP contribution in [0.15, 0.2) is 140 Å². The average molecular weight is 651 g/mol. The maximum absolute atomic E-state index is 2.53. The highest BCUT2D eigenvalue weighted by Crippen LogP contribution is 2.44. The van der Waals surface area contributed by atoms with Gasteiger partial charge in [0.25, 0.3) is 0 Å². The van der Waals surface area contributed by atoms with Crippen molar-refractivity contribution in [1.82, 2.24) is 9.13 Å². The van der Waals surface area contributed by atoms with Gasteiger partial charge in [-0.25, -0.2) is 0 Å². The zero-order valence-corrected chi connectivity index (χ0v) is 30.2. The third-order valence-corrected chi connectivity index (χ3v) is 10.2. The topological polar surface area (TPSA) is 9.86 Å². The fraction of sp³-hybridized carbons (Fsp3) is 0.208. The predicted molar refractivity (Wildman–Crippen MR) is 214 cm³/mol. The van der Waals surface area contributed by atoms with Gasteiger partial charge in [0.2, 0.25) is 0 Å². The number of aryl methyl sites for hydroxylation is 1. The van der Waals surface area contributed by atoms with Gasteiger partial charge in [0.15, 0.2) is 0 Å². The second kappa shape index (κ2) is 12.2. The van der Waals surface area contributed by atoms with E-state index in [-0.39, 0.29) is 10.8 Å². The molecule has 5 aromatic carbocycles. The normalized spacial score (nSPS) is 13.2. The van der Waals surface area contributed by atoms with Crippen LogP contribution in [-0.4, -0.2) is 9.13 Å². The lowest BCUT2D eigenvalue weighted by Crippen LogP contribution is -2.18. The lowest BCUT2D eigenvalue weighted by molar-refractivity contribution is 0.556. The molecular formula is C48H46N2. The molecule has 0 aliphatic heterocycles. The number of para-hydroxylation sites is 3. The van der Waals surface area contributed by atoms with Gasteiger partial charge in [0, 0.05) is 44.4 Å². The zero-order valence-electron chi connectivity index (χ0n) is 30.2. The first-order chi connectivity index (χ1) is 24.1. The average Bonchev–Trinajstić information content (AvgIpc) is 3.72. The first kappa shape index (κ1) is 31.9. The zero-order chi connectivity index (χ0) is 34.6. The molecule has 2 heterocycles. The van der Waals surface area contributed by atoms with Crippen molar-refractivity contribution in [1.29, 1.82) is 0 Å². The Morgan fingerprint density at radius 2 is 0.900 bits per heavy atom. The second-order valence-corrected chi connectivity index (χ2v) is 15.8. The molecule has 0 spiro atoms. The fourth-order valence-corrected chi connectivity index (χ4v) is 7.87. The van der Waals surface area contributed by atoms with Crippen molar-refractivity contribution >= 4 is 17.0 Å². The maximum Gasteiger partial charge on any atom is 0.0537 e. The summed E-state index contributed by atoms with van der Waals surface area (Å²) in [5, 5.41) is 1.26. The molecule has 0 unspecified atom stereocenters. The number of hydrogen-bond donors (Lipinski definition) is 0. The Morgan fingerprint density at radius 1 is 0.460 bits per heavy atom. The molecule has 2 heteroatoms. The second-order valence-electron chi connectivity index (χ2n) is 15.8. The van der Waals surface area contributed by atoms with Gasteiger partial charge < -0.3 is 9.13 Å². The highest BCUT2D eigenvalue weighted by molar-refractivity contribution is 5.96. The first-order valence-corrected chi connectivity index (χ1v) is 18.0. The van der Waals surface area contributed by atoms with Gasteiger partial charge in [0.1, 0.15) is 0 Å². The highest BCUT2D eigenvalue weighted by atomic mass is 15.0. The van der Waals surface area contributed by atoms with E-state index in [1.165, 1.54) is 78.3 Å². The van der Waals surface area contributed by atoms with Crippen LogP contribution in [0.4, 0.5) is 0 Å². The van der Waals surface area contributed by atoms with Crippen molar-refractivity contribution in [3.05, 3.63) is 162 Å². The minimum atomic E-state index is -0.0410. The van der Waals surface area contributed by atoms with Gasteiger partial charge >= 0.3 is 0 Å². The Hall–Kier alpha value is -5.34. The van der Waals surface area contributed by atoms with Crippen LogP contribution in [0.3, 0.4) is 0 Å². The van der Waals surface area contributed by atoms with E-state index < -0.39 is 0 Å². The largest absolute Gasteiger partial charge is 0.313 e. The maximum atomic E-state index is 2.53. The van der Waals surface area contributed by atoms with Crippen molar-refractivity contribution < 1.29 is 0 Å². The number of benzene rings is 5. The molecule has 1 aliphatic carbocycles. The van der Waals surface area contributed by atoms with E-state index in [0.717, 1.165) is 12.8 Å². The van der Waals surface area contributed by atoms with Crippen LogP contribution in [0, 0.1) is 0 Å². The summed E-state index contributed by atoms with van der Waals surface area (Å²) in [6, 6.07) is 49.4. The van der Waals surface area contributed by atoms with Crippen LogP contribution < -0.4 is 0 Å². The monoisotopic (exact) mass is 650 g/mol. The van der Waals surface area contributed by atoms with Gasteiger partial charge in [-0.05, 0) is 77.1 Å². The van der Waals surface area contributed by atoms with Gasteiger partial charge in [-0.15, -0.1) is 0 Å². The molecule has 0 amide bonds. The predicted octanol–water partition coefficient (Wildman–Crippen LogP) is 13.0. The van der Waals surface area contributed by atoms with E-state index in [1.807, 2.05) is 0 Å². The minimum absolute atomic E-state index is 0.0112. The van der Waals surface area contributed by atoms with Crippen molar-refractivity contribution in [2.45, 2.75) is 65.2 Å². The molecule has 0 saturated carbocycles. The van der Waals surface area contributed by atoms with Crippen LogP contribution in [0.1, 0.15) is 70.6 Å². The molecule has 8 rings (SSSR count). The van der Waals surface area contributed by atoms with Crippen LogP contribution >= 0.6 is 0 Å². The summed E-state index contributed by atoms with van der Waals surface area (Å²) < 4.78 is 5.02. The molecule has 0 saturated heterocycles. The number of rotatable bonds is 5. The van der Waals surface area contributed by atoms with Crippen LogP contribution in [0.25, 0.3) is 61.7 Å². The number of allylic oxidation sites excluding steroid dienone is 1. The number of aromatic nitrogens is 2. The number of fused-ring (bicyclic) bond motifs is 2. The molecule has 2 nitrogen and oxygen atoms in total. The molecule has 248 valence electrons. The van der Waals surface area contributed by atoms with Gasteiger partial charge in [-0.1, -0.05) is 151 Å². The molecule has 0 N–H and O–H groups in total. The molecular weight excluding hydrogens is 605 g/mol. The van der Waals surface area contributed by atoms with Gasteiger partial charge in [-0.3, -0.25) is 0 Å². The summed E-state index contributed by atoms with van der Waals surface area (Å²) in [7, 11) is 0. The van der Waals surface area contributed by atoms with Gasteiger partial charge in [0.05, 0.1) is 16.9 Å². The van der Waals surface area contributed by atoms with Crippen molar-refractivity contribution in [3.63, 3.8) is 0 Å². The Bertz CT molecular complexity index is 2400. The standard InChI is InChI=1S/C48H46N2/c1-47(2,3)45-31-33-19-7-15-27-41(33)49(45)43-29-17-13-25-39(43)37-23-11-9-21-35(37)36-22-10-12-24-38(36)40-26-14-18-30-44(40)50-42-28-16-8-20-34(42)32-46(50)48(4,5)6/h7,9-19,21-32H,8,20H2,1-6H3. The summed E-state index contributed by atoms with van der Waals surface area (Å²) in [6.07, 6.45) is 6.84. The highest BCUT2D eigenvalue weighted by Gasteiger charge is 2.27. The Kier molecular flexibility index (Phi) is 7.79. The third kappa shape index (κ3) is 5.44. The quantitative estimate of drug-likeness (QED) is 0.175. The molecule has 0 fully saturated rings. The lowest BCUT2D eigenvalue weighted by Gasteiger charge is -2.26. The number of hydrogen-bond acceptors (Lipinski definition) is 0. The van der Waals surface area contributed by atoms with Crippen molar-refractivity contribution in [2.75, 3.05) is 0 Å². The lowest BCUT2D eigenvalue weighted by atomic mass is 9.87. The van der Waals surface area contributed by atoms with E-state index in [2.05, 4.69) is 196 Å². The van der Waals surface area contributed by atoms with E-state index >= 15 is 0 Å². The van der Waals surface area contributed by atoms with Crippen molar-refractivity contribution in [2.24, 2.45) is 0 Å². The van der Waals surface area contributed by atoms with Crippen LogP contribution in [0.5, 0.6) is 0 Å². The molecule has 0 atom stereocenters. The third-order valence-electron chi connectivity index (χ3n) is 10.2. The summed E-state index contributed by atoms with van der Waals surface area (Å²) >= 11 is 0. The summed E-state index contributed by atoms with van der Waals surface area (Å²) in [6.45, 7) is 13.9. The fourth-order valence-electron chi connectivity index (χ4n) is 7.87. The van der Waals surface area contributed by atoms with E-state index in [0.29, 0.717) is 0 Å². The number of nitrogens with zero attached hydrogens (tertiary/aromatic N) is 2. The summed E-state index contributed by atoms with van der Waals surface area (Å²) in [5.74, 6) is 0. The van der Waals surface area contributed by atoms with Gasteiger partial charge in [-0.2, -0.15) is 0 Å². The Morgan fingerprint density at radius 3 is 1.46 bits per heavy atom. The minimum Gasteiger partial charge on any atom is -0.313 e. The SMILES string of the molecule is CC(C)(C)c1cc2c(n1-c1ccccc1-c1ccccc1-c1ccccc1-c1ccccc1-n1c(C(C)(C)C)cc3ccccc31)C=CCC2. The van der Waals surface area contributed by atoms with Crippen molar-refractivity contribution in [3.8, 4) is 44.8 Å². The molecule has 2 aromatic heterocycles. The van der Waals surface area contributed by atoms with Crippen LogP contribution in [-0.2, 0) is 17.3 Å². The Labute approximate surface area is 297 Å². The summed E-state index contributed by atoms with van der Waals surface area (Å²) in [4.78, 5) is 0. The molecule has 1 aliphatic rings. The first-order valence-electron chi connectivity index (χ1n) is 18.0. The molecule has 0 radical (unpaired) electrons. The molecule has 0 bridgehead atoms. The van der Waals surface area contributed by atoms with Crippen LogP contribution in [0.2, 0.25) is 0 Å².